The van der Waals surface area contributed by atoms with Crippen molar-refractivity contribution in [1.82, 2.24) is 10.3 Å². The molecule has 0 aromatic carbocycles. The molecule has 0 amide bonds. The summed E-state index contributed by atoms with van der Waals surface area (Å²) in [5, 5.41) is 3.58. The van der Waals surface area contributed by atoms with Crippen molar-refractivity contribution in [3.63, 3.8) is 0 Å². The van der Waals surface area contributed by atoms with Crippen LogP contribution in [-0.2, 0) is 9.47 Å². The van der Waals surface area contributed by atoms with Crippen molar-refractivity contribution in [1.29, 1.82) is 0 Å². The average Bonchev–Trinajstić information content (AvgIpc) is 2.67. The van der Waals surface area contributed by atoms with Gasteiger partial charge in [-0.3, -0.25) is 4.98 Å². The Kier molecular flexibility index (Phi) is 2.88. The second-order valence-electron chi connectivity index (χ2n) is 5.52. The zero-order valence-electron chi connectivity index (χ0n) is 11.0. The van der Waals surface area contributed by atoms with Crippen molar-refractivity contribution >= 4 is 0 Å². The van der Waals surface area contributed by atoms with Crippen molar-refractivity contribution in [3.8, 4) is 0 Å². The fourth-order valence-corrected chi connectivity index (χ4v) is 3.24. The Labute approximate surface area is 108 Å². The minimum atomic E-state index is -0.283. The molecule has 1 aromatic rings. The number of nitrogens with zero attached hydrogens (tertiary/aromatic N) is 1. The van der Waals surface area contributed by atoms with E-state index in [0.29, 0.717) is 0 Å². The summed E-state index contributed by atoms with van der Waals surface area (Å²) in [4.78, 5) is 4.23. The summed E-state index contributed by atoms with van der Waals surface area (Å²) < 4.78 is 12.1. The summed E-state index contributed by atoms with van der Waals surface area (Å²) >= 11 is 0. The molecule has 2 fully saturated rings. The molecule has 0 bridgehead atoms. The SMILES string of the molecule is CC1(C)OCCC12OCCNC2c1cccnc1. The van der Waals surface area contributed by atoms with Gasteiger partial charge in [0.2, 0.25) is 0 Å². The molecule has 1 spiro atoms. The number of nitrogens with one attached hydrogen (secondary N) is 1. The van der Waals surface area contributed by atoms with Gasteiger partial charge >= 0.3 is 0 Å². The van der Waals surface area contributed by atoms with Gasteiger partial charge in [-0.05, 0) is 25.5 Å². The van der Waals surface area contributed by atoms with Crippen LogP contribution in [0.1, 0.15) is 31.9 Å². The first-order valence-corrected chi connectivity index (χ1v) is 6.57. The fraction of sp³-hybridized carbons (Fsp3) is 0.643. The van der Waals surface area contributed by atoms with Crippen molar-refractivity contribution in [2.24, 2.45) is 0 Å². The lowest BCUT2D eigenvalue weighted by Crippen LogP contribution is -2.60. The van der Waals surface area contributed by atoms with Gasteiger partial charge in [-0.15, -0.1) is 0 Å². The highest BCUT2D eigenvalue weighted by molar-refractivity contribution is 5.23. The van der Waals surface area contributed by atoms with Crippen LogP contribution in [0.15, 0.2) is 24.5 Å². The Balaban J connectivity index is 2.01. The molecule has 0 saturated carbocycles. The quantitative estimate of drug-likeness (QED) is 0.821. The Morgan fingerprint density at radius 3 is 2.89 bits per heavy atom. The van der Waals surface area contributed by atoms with Crippen LogP contribution in [0.2, 0.25) is 0 Å². The molecule has 2 aliphatic rings. The molecule has 18 heavy (non-hydrogen) atoms. The standard InChI is InChI=1S/C14H20N2O2/c1-13(2)14(5-8-17-13)12(16-7-9-18-14)11-4-3-6-15-10-11/h3-4,6,10,12,16H,5,7-9H2,1-2H3. The van der Waals surface area contributed by atoms with E-state index in [0.717, 1.165) is 26.2 Å². The average molecular weight is 248 g/mol. The Morgan fingerprint density at radius 1 is 1.33 bits per heavy atom. The molecule has 98 valence electrons. The second kappa shape index (κ2) is 4.30. The van der Waals surface area contributed by atoms with Crippen LogP contribution in [0.5, 0.6) is 0 Å². The fourth-order valence-electron chi connectivity index (χ4n) is 3.24. The van der Waals surface area contributed by atoms with Crippen LogP contribution in [0.4, 0.5) is 0 Å². The number of hydrogen-bond donors (Lipinski definition) is 1. The molecular weight excluding hydrogens is 228 g/mol. The van der Waals surface area contributed by atoms with Crippen molar-refractivity contribution in [2.45, 2.75) is 37.5 Å². The lowest BCUT2D eigenvalue weighted by molar-refractivity contribution is -0.172. The topological polar surface area (TPSA) is 43.4 Å². The Hall–Kier alpha value is -0.970. The molecule has 2 atom stereocenters. The van der Waals surface area contributed by atoms with E-state index in [4.69, 9.17) is 9.47 Å². The summed E-state index contributed by atoms with van der Waals surface area (Å²) in [5.41, 5.74) is 0.616. The monoisotopic (exact) mass is 248 g/mol. The summed E-state index contributed by atoms with van der Waals surface area (Å²) in [6, 6.07) is 4.23. The molecule has 2 saturated heterocycles. The smallest absolute Gasteiger partial charge is 0.118 e. The minimum absolute atomic E-state index is 0.150. The molecule has 1 aromatic heterocycles. The molecular formula is C14H20N2O2. The van der Waals surface area contributed by atoms with Crippen LogP contribution in [0, 0.1) is 0 Å². The van der Waals surface area contributed by atoms with Gasteiger partial charge in [0.05, 0.1) is 24.9 Å². The number of hydrogen-bond acceptors (Lipinski definition) is 4. The predicted octanol–water partition coefficient (Wildman–Crippen LogP) is 1.68. The van der Waals surface area contributed by atoms with Gasteiger partial charge in [-0.25, -0.2) is 0 Å². The van der Waals surface area contributed by atoms with Crippen molar-refractivity contribution in [3.05, 3.63) is 30.1 Å². The normalized spacial score (nSPS) is 34.9. The van der Waals surface area contributed by atoms with Crippen molar-refractivity contribution in [2.75, 3.05) is 19.8 Å². The third-order valence-electron chi connectivity index (χ3n) is 4.25. The van der Waals surface area contributed by atoms with Crippen LogP contribution in [-0.4, -0.2) is 35.9 Å². The minimum Gasteiger partial charge on any atom is -0.372 e. The molecule has 2 aliphatic heterocycles. The Morgan fingerprint density at radius 2 is 2.22 bits per heavy atom. The highest BCUT2D eigenvalue weighted by Gasteiger charge is 2.57. The summed E-state index contributed by atoms with van der Waals surface area (Å²) in [7, 11) is 0. The maximum Gasteiger partial charge on any atom is 0.118 e. The van der Waals surface area contributed by atoms with Gasteiger partial charge in [-0.2, -0.15) is 0 Å². The number of aromatic nitrogens is 1. The van der Waals surface area contributed by atoms with E-state index in [-0.39, 0.29) is 17.2 Å². The maximum absolute atomic E-state index is 6.19. The molecule has 1 N–H and O–H groups in total. The molecule has 2 unspecified atom stereocenters. The highest BCUT2D eigenvalue weighted by Crippen LogP contribution is 2.48. The van der Waals surface area contributed by atoms with Gasteiger partial charge in [0.25, 0.3) is 0 Å². The van der Waals surface area contributed by atoms with Crippen molar-refractivity contribution < 1.29 is 9.47 Å². The van der Waals surface area contributed by atoms with E-state index in [2.05, 4.69) is 30.2 Å². The van der Waals surface area contributed by atoms with E-state index >= 15 is 0 Å². The van der Waals surface area contributed by atoms with Gasteiger partial charge in [-0.1, -0.05) is 6.07 Å². The maximum atomic E-state index is 6.19. The molecule has 3 heterocycles. The Bertz CT molecular complexity index is 421. The zero-order valence-corrected chi connectivity index (χ0v) is 11.0. The van der Waals surface area contributed by atoms with E-state index in [1.54, 1.807) is 6.20 Å². The second-order valence-corrected chi connectivity index (χ2v) is 5.52. The number of pyridine rings is 1. The molecule has 4 nitrogen and oxygen atoms in total. The van der Waals surface area contributed by atoms with Crippen LogP contribution >= 0.6 is 0 Å². The van der Waals surface area contributed by atoms with Crippen LogP contribution in [0.3, 0.4) is 0 Å². The van der Waals surface area contributed by atoms with E-state index in [9.17, 15) is 0 Å². The van der Waals surface area contributed by atoms with E-state index < -0.39 is 0 Å². The lowest BCUT2D eigenvalue weighted by Gasteiger charge is -2.48. The predicted molar refractivity (Wildman–Crippen MR) is 68.3 cm³/mol. The summed E-state index contributed by atoms with van der Waals surface area (Å²) in [6.07, 6.45) is 4.64. The zero-order chi connectivity index (χ0) is 12.6. The molecule has 4 heteroatoms. The largest absolute Gasteiger partial charge is 0.372 e. The lowest BCUT2D eigenvalue weighted by atomic mass is 9.75. The van der Waals surface area contributed by atoms with E-state index in [1.807, 2.05) is 12.3 Å². The summed E-state index contributed by atoms with van der Waals surface area (Å²) in [5.74, 6) is 0. The first kappa shape index (κ1) is 12.1. The summed E-state index contributed by atoms with van der Waals surface area (Å²) in [6.45, 7) is 6.61. The molecule has 0 radical (unpaired) electrons. The van der Waals surface area contributed by atoms with Crippen LogP contribution < -0.4 is 5.32 Å². The number of rotatable bonds is 1. The number of ether oxygens (including phenoxy) is 2. The molecule has 0 aliphatic carbocycles. The van der Waals surface area contributed by atoms with Gasteiger partial charge < -0.3 is 14.8 Å². The number of morpholine rings is 1. The van der Waals surface area contributed by atoms with Crippen LogP contribution in [0.25, 0.3) is 0 Å². The third kappa shape index (κ3) is 1.67. The van der Waals surface area contributed by atoms with Gasteiger partial charge in [0.15, 0.2) is 0 Å². The third-order valence-corrected chi connectivity index (χ3v) is 4.25. The van der Waals surface area contributed by atoms with Gasteiger partial charge in [0, 0.05) is 25.4 Å². The first-order chi connectivity index (χ1) is 8.66. The molecule has 3 rings (SSSR count). The first-order valence-electron chi connectivity index (χ1n) is 6.57. The highest BCUT2D eigenvalue weighted by atomic mass is 16.6. The van der Waals surface area contributed by atoms with Gasteiger partial charge in [0.1, 0.15) is 5.60 Å². The van der Waals surface area contributed by atoms with E-state index in [1.165, 1.54) is 5.56 Å².